The minimum Gasteiger partial charge on any atom is -0.374 e. The molecule has 0 radical (unpaired) electrons. The summed E-state index contributed by atoms with van der Waals surface area (Å²) in [6.45, 7) is 2.80. The van der Waals surface area contributed by atoms with E-state index in [4.69, 9.17) is 21.6 Å². The number of nitrogens with one attached hydrogen (secondary N) is 1. The lowest BCUT2D eigenvalue weighted by molar-refractivity contribution is 0.128. The number of nitriles is 1. The van der Waals surface area contributed by atoms with Gasteiger partial charge in [-0.25, -0.2) is 9.97 Å². The number of benzene rings is 1. The van der Waals surface area contributed by atoms with E-state index in [9.17, 15) is 0 Å². The molecule has 0 atom stereocenters. The summed E-state index contributed by atoms with van der Waals surface area (Å²) in [6.07, 6.45) is 0. The lowest BCUT2D eigenvalue weighted by Gasteiger charge is -2.08. The third-order valence-electron chi connectivity index (χ3n) is 2.44. The summed E-state index contributed by atoms with van der Waals surface area (Å²) >= 11 is 5.95. The van der Waals surface area contributed by atoms with Gasteiger partial charge in [0.05, 0.1) is 11.6 Å². The van der Waals surface area contributed by atoms with Crippen molar-refractivity contribution in [3.8, 4) is 6.07 Å². The number of nitrogens with zero attached hydrogens (tertiary/aromatic N) is 3. The molecule has 1 heterocycles. The first kappa shape index (κ1) is 14.3. The fourth-order valence-corrected chi connectivity index (χ4v) is 1.80. The van der Waals surface area contributed by atoms with Crippen LogP contribution in [0.4, 0.5) is 11.5 Å². The first-order valence-electron chi connectivity index (χ1n) is 6.09. The van der Waals surface area contributed by atoms with Crippen LogP contribution in [0.3, 0.4) is 0 Å². The van der Waals surface area contributed by atoms with E-state index >= 15 is 0 Å². The van der Waals surface area contributed by atoms with E-state index in [1.807, 2.05) is 13.0 Å². The number of anilines is 2. The molecular weight excluding hydrogens is 276 g/mol. The summed E-state index contributed by atoms with van der Waals surface area (Å²) < 4.78 is 5.26. The third kappa shape index (κ3) is 3.92. The molecule has 0 saturated carbocycles. The van der Waals surface area contributed by atoms with Crippen LogP contribution in [-0.2, 0) is 11.3 Å². The predicted octanol–water partition coefficient (Wildman–Crippen LogP) is 3.28. The van der Waals surface area contributed by atoms with Gasteiger partial charge in [-0.3, -0.25) is 0 Å². The van der Waals surface area contributed by atoms with E-state index in [-0.39, 0.29) is 0 Å². The Morgan fingerprint density at radius 1 is 1.35 bits per heavy atom. The SMILES string of the molecule is CCOCc1nc(Cl)cc(Nc2cccc(C#N)c2)n1. The van der Waals surface area contributed by atoms with E-state index in [0.717, 1.165) is 5.69 Å². The zero-order chi connectivity index (χ0) is 14.4. The van der Waals surface area contributed by atoms with Gasteiger partial charge in [0.2, 0.25) is 0 Å². The topological polar surface area (TPSA) is 70.8 Å². The van der Waals surface area contributed by atoms with Gasteiger partial charge in [-0.1, -0.05) is 17.7 Å². The molecule has 2 rings (SSSR count). The van der Waals surface area contributed by atoms with E-state index in [0.29, 0.717) is 35.6 Å². The first-order valence-corrected chi connectivity index (χ1v) is 6.47. The molecule has 102 valence electrons. The maximum atomic E-state index is 8.87. The summed E-state index contributed by atoms with van der Waals surface area (Å²) in [4.78, 5) is 8.39. The lowest BCUT2D eigenvalue weighted by atomic mass is 10.2. The molecule has 0 bridgehead atoms. The average Bonchev–Trinajstić information content (AvgIpc) is 2.44. The van der Waals surface area contributed by atoms with Gasteiger partial charge in [-0.05, 0) is 25.1 Å². The van der Waals surface area contributed by atoms with Gasteiger partial charge in [0.15, 0.2) is 5.82 Å². The first-order chi connectivity index (χ1) is 9.71. The number of hydrogen-bond acceptors (Lipinski definition) is 5. The van der Waals surface area contributed by atoms with Gasteiger partial charge in [0, 0.05) is 18.4 Å². The second-order valence-electron chi connectivity index (χ2n) is 3.95. The minimum absolute atomic E-state index is 0.309. The Balaban J connectivity index is 2.20. The highest BCUT2D eigenvalue weighted by molar-refractivity contribution is 6.29. The highest BCUT2D eigenvalue weighted by Gasteiger charge is 2.04. The fourth-order valence-electron chi connectivity index (χ4n) is 1.60. The van der Waals surface area contributed by atoms with Crippen LogP contribution < -0.4 is 5.32 Å². The van der Waals surface area contributed by atoms with Gasteiger partial charge < -0.3 is 10.1 Å². The summed E-state index contributed by atoms with van der Waals surface area (Å²) in [5.74, 6) is 1.08. The molecular formula is C14H13ClN4O. The van der Waals surface area contributed by atoms with Crippen molar-refractivity contribution >= 4 is 23.1 Å². The van der Waals surface area contributed by atoms with Gasteiger partial charge in [-0.2, -0.15) is 5.26 Å². The maximum Gasteiger partial charge on any atom is 0.158 e. The van der Waals surface area contributed by atoms with Crippen molar-refractivity contribution in [1.29, 1.82) is 5.26 Å². The van der Waals surface area contributed by atoms with Crippen LogP contribution in [0.1, 0.15) is 18.3 Å². The van der Waals surface area contributed by atoms with Crippen LogP contribution in [-0.4, -0.2) is 16.6 Å². The van der Waals surface area contributed by atoms with Crippen molar-refractivity contribution in [2.24, 2.45) is 0 Å². The van der Waals surface area contributed by atoms with Crippen LogP contribution in [0.5, 0.6) is 0 Å². The summed E-state index contributed by atoms with van der Waals surface area (Å²) in [5.41, 5.74) is 1.34. The van der Waals surface area contributed by atoms with Crippen LogP contribution >= 0.6 is 11.6 Å². The second kappa shape index (κ2) is 6.85. The van der Waals surface area contributed by atoms with Crippen molar-refractivity contribution in [2.45, 2.75) is 13.5 Å². The average molecular weight is 289 g/mol. The second-order valence-corrected chi connectivity index (χ2v) is 4.33. The number of ether oxygens (including phenoxy) is 1. The predicted molar refractivity (Wildman–Crippen MR) is 76.8 cm³/mol. The molecule has 0 saturated heterocycles. The van der Waals surface area contributed by atoms with E-state index in [1.165, 1.54) is 0 Å². The number of hydrogen-bond donors (Lipinski definition) is 1. The minimum atomic E-state index is 0.309. The van der Waals surface area contributed by atoms with E-state index in [1.54, 1.807) is 24.3 Å². The molecule has 5 nitrogen and oxygen atoms in total. The Morgan fingerprint density at radius 2 is 2.20 bits per heavy atom. The molecule has 0 aliphatic heterocycles. The van der Waals surface area contributed by atoms with Gasteiger partial charge in [0.1, 0.15) is 17.6 Å². The van der Waals surface area contributed by atoms with Crippen molar-refractivity contribution < 1.29 is 4.74 Å². The quantitative estimate of drug-likeness (QED) is 0.855. The molecule has 1 aromatic carbocycles. The van der Waals surface area contributed by atoms with E-state index in [2.05, 4.69) is 21.4 Å². The Morgan fingerprint density at radius 3 is 2.95 bits per heavy atom. The van der Waals surface area contributed by atoms with Gasteiger partial charge >= 0.3 is 0 Å². The largest absolute Gasteiger partial charge is 0.374 e. The van der Waals surface area contributed by atoms with Crippen molar-refractivity contribution in [2.75, 3.05) is 11.9 Å². The molecule has 0 spiro atoms. The lowest BCUT2D eigenvalue weighted by Crippen LogP contribution is -2.03. The van der Waals surface area contributed by atoms with E-state index < -0.39 is 0 Å². The number of halogens is 1. The maximum absolute atomic E-state index is 8.87. The Kier molecular flexibility index (Phi) is 4.88. The molecule has 1 aromatic heterocycles. The zero-order valence-electron chi connectivity index (χ0n) is 10.9. The smallest absolute Gasteiger partial charge is 0.158 e. The number of rotatable bonds is 5. The van der Waals surface area contributed by atoms with Crippen LogP contribution in [0, 0.1) is 11.3 Å². The van der Waals surface area contributed by atoms with Gasteiger partial charge in [0.25, 0.3) is 0 Å². The molecule has 0 unspecified atom stereocenters. The van der Waals surface area contributed by atoms with Crippen molar-refractivity contribution in [3.05, 3.63) is 46.9 Å². The normalized spacial score (nSPS) is 10.1. The molecule has 20 heavy (non-hydrogen) atoms. The highest BCUT2D eigenvalue weighted by Crippen LogP contribution is 2.18. The molecule has 1 N–H and O–H groups in total. The molecule has 0 amide bonds. The Labute approximate surface area is 122 Å². The summed E-state index contributed by atoms with van der Waals surface area (Å²) in [6, 6.07) is 10.8. The number of aromatic nitrogens is 2. The molecule has 0 aliphatic carbocycles. The standard InChI is InChI=1S/C14H13ClN4O/c1-2-20-9-14-18-12(15)7-13(19-14)17-11-5-3-4-10(6-11)8-16/h3-7H,2,9H2,1H3,(H,17,18,19). The van der Waals surface area contributed by atoms with Crippen LogP contribution in [0.25, 0.3) is 0 Å². The molecule has 0 fully saturated rings. The molecule has 2 aromatic rings. The summed E-state index contributed by atoms with van der Waals surface area (Å²) in [7, 11) is 0. The van der Waals surface area contributed by atoms with Crippen molar-refractivity contribution in [3.63, 3.8) is 0 Å². The highest BCUT2D eigenvalue weighted by atomic mass is 35.5. The molecule has 0 aliphatic rings. The zero-order valence-corrected chi connectivity index (χ0v) is 11.7. The van der Waals surface area contributed by atoms with Crippen LogP contribution in [0.15, 0.2) is 30.3 Å². The third-order valence-corrected chi connectivity index (χ3v) is 2.63. The van der Waals surface area contributed by atoms with Crippen LogP contribution in [0.2, 0.25) is 5.15 Å². The van der Waals surface area contributed by atoms with Gasteiger partial charge in [-0.15, -0.1) is 0 Å². The Bertz CT molecular complexity index is 639. The Hall–Kier alpha value is -2.16. The summed E-state index contributed by atoms with van der Waals surface area (Å²) in [5, 5.41) is 12.3. The molecule has 6 heteroatoms. The fraction of sp³-hybridized carbons (Fsp3) is 0.214. The van der Waals surface area contributed by atoms with Crippen molar-refractivity contribution in [1.82, 2.24) is 9.97 Å². The monoisotopic (exact) mass is 288 g/mol.